The van der Waals surface area contributed by atoms with E-state index in [1.807, 2.05) is 0 Å². The third kappa shape index (κ3) is 4.45. The Morgan fingerprint density at radius 1 is 1.36 bits per heavy atom. The zero-order valence-electron chi connectivity index (χ0n) is 11.6. The van der Waals surface area contributed by atoms with Gasteiger partial charge in [-0.1, -0.05) is 29.1 Å². The Bertz CT molecular complexity index is 677. The van der Waals surface area contributed by atoms with E-state index in [9.17, 15) is 4.79 Å². The van der Waals surface area contributed by atoms with Crippen molar-refractivity contribution in [1.29, 1.82) is 0 Å². The first kappa shape index (κ1) is 16.3. The number of furan rings is 1. The van der Waals surface area contributed by atoms with Crippen molar-refractivity contribution < 1.29 is 13.9 Å². The van der Waals surface area contributed by atoms with Gasteiger partial charge in [-0.3, -0.25) is 4.79 Å². The second kappa shape index (κ2) is 7.79. The predicted molar refractivity (Wildman–Crippen MR) is 84.9 cm³/mol. The molecule has 0 bridgehead atoms. The van der Waals surface area contributed by atoms with Gasteiger partial charge in [-0.15, -0.1) is 6.42 Å². The van der Waals surface area contributed by atoms with Crippen molar-refractivity contribution >= 4 is 29.1 Å². The summed E-state index contributed by atoms with van der Waals surface area (Å²) in [5.41, 5.74) is 0. The molecule has 0 spiro atoms. The molecule has 2 rings (SSSR count). The summed E-state index contributed by atoms with van der Waals surface area (Å²) in [6.45, 7) is 0.273. The van der Waals surface area contributed by atoms with Crippen molar-refractivity contribution in [2.75, 3.05) is 13.2 Å². The van der Waals surface area contributed by atoms with E-state index in [-0.39, 0.29) is 25.6 Å². The standard InChI is InChI=1S/C16H13Cl2NO3/c1-2-7-19(10-13-4-3-8-21-13)16(20)11-22-15-6-5-12(17)9-14(15)18/h1,3-6,8-9H,7,10-11H2. The van der Waals surface area contributed by atoms with Crippen LogP contribution >= 0.6 is 23.2 Å². The first-order valence-electron chi connectivity index (χ1n) is 6.41. The van der Waals surface area contributed by atoms with Crippen LogP contribution in [0.25, 0.3) is 0 Å². The van der Waals surface area contributed by atoms with Crippen LogP contribution in [0.4, 0.5) is 0 Å². The van der Waals surface area contributed by atoms with E-state index in [2.05, 4.69) is 5.92 Å². The molecule has 22 heavy (non-hydrogen) atoms. The van der Waals surface area contributed by atoms with Crippen molar-refractivity contribution in [1.82, 2.24) is 4.90 Å². The average molecular weight is 338 g/mol. The lowest BCUT2D eigenvalue weighted by Gasteiger charge is -2.19. The minimum atomic E-state index is -0.264. The number of hydrogen-bond donors (Lipinski definition) is 0. The molecule has 1 heterocycles. The van der Waals surface area contributed by atoms with Gasteiger partial charge in [0.15, 0.2) is 6.61 Å². The molecule has 6 heteroatoms. The zero-order valence-corrected chi connectivity index (χ0v) is 13.1. The van der Waals surface area contributed by atoms with Crippen LogP contribution in [0.3, 0.4) is 0 Å². The Kier molecular flexibility index (Phi) is 5.76. The molecule has 1 amide bonds. The molecule has 1 aromatic heterocycles. The van der Waals surface area contributed by atoms with Crippen LogP contribution in [-0.2, 0) is 11.3 Å². The predicted octanol–water partition coefficient (Wildman–Crippen LogP) is 3.63. The summed E-state index contributed by atoms with van der Waals surface area (Å²) in [6.07, 6.45) is 6.83. The number of amides is 1. The highest BCUT2D eigenvalue weighted by atomic mass is 35.5. The third-order valence-electron chi connectivity index (χ3n) is 2.81. The Labute approximate surface area is 138 Å². The van der Waals surface area contributed by atoms with Crippen molar-refractivity contribution in [2.45, 2.75) is 6.54 Å². The summed E-state index contributed by atoms with van der Waals surface area (Å²) in [7, 11) is 0. The van der Waals surface area contributed by atoms with Crippen LogP contribution in [0.2, 0.25) is 10.0 Å². The number of nitrogens with zero attached hydrogens (tertiary/aromatic N) is 1. The Morgan fingerprint density at radius 3 is 2.82 bits per heavy atom. The van der Waals surface area contributed by atoms with Crippen molar-refractivity contribution in [3.05, 3.63) is 52.4 Å². The molecule has 0 aliphatic heterocycles. The van der Waals surface area contributed by atoms with Gasteiger partial charge in [-0.2, -0.15) is 0 Å². The quantitative estimate of drug-likeness (QED) is 0.756. The highest BCUT2D eigenvalue weighted by Crippen LogP contribution is 2.27. The molecule has 4 nitrogen and oxygen atoms in total. The second-order valence-electron chi connectivity index (χ2n) is 4.40. The first-order valence-corrected chi connectivity index (χ1v) is 7.17. The number of carbonyl (C=O) groups is 1. The summed E-state index contributed by atoms with van der Waals surface area (Å²) in [4.78, 5) is 13.7. The van der Waals surface area contributed by atoms with Crippen LogP contribution in [0.15, 0.2) is 41.0 Å². The van der Waals surface area contributed by atoms with Crippen molar-refractivity contribution in [2.24, 2.45) is 0 Å². The summed E-state index contributed by atoms with van der Waals surface area (Å²) in [5, 5.41) is 0.838. The average Bonchev–Trinajstić information content (AvgIpc) is 2.98. The second-order valence-corrected chi connectivity index (χ2v) is 5.24. The van der Waals surface area contributed by atoms with Gasteiger partial charge in [0, 0.05) is 5.02 Å². The minimum absolute atomic E-state index is 0.164. The number of benzene rings is 1. The molecule has 0 saturated carbocycles. The number of ether oxygens (including phenoxy) is 1. The minimum Gasteiger partial charge on any atom is -0.482 e. The molecule has 2 aromatic rings. The van der Waals surface area contributed by atoms with Gasteiger partial charge in [0.2, 0.25) is 0 Å². The smallest absolute Gasteiger partial charge is 0.261 e. The lowest BCUT2D eigenvalue weighted by Crippen LogP contribution is -2.34. The lowest BCUT2D eigenvalue weighted by molar-refractivity contribution is -0.133. The van der Waals surface area contributed by atoms with Crippen molar-refractivity contribution in [3.8, 4) is 18.1 Å². The Morgan fingerprint density at radius 2 is 2.18 bits per heavy atom. The SMILES string of the molecule is C#CCN(Cc1ccco1)C(=O)COc1ccc(Cl)cc1Cl. The number of hydrogen-bond acceptors (Lipinski definition) is 3. The summed E-state index contributed by atoms with van der Waals surface area (Å²) in [6, 6.07) is 8.31. The number of rotatable bonds is 6. The highest BCUT2D eigenvalue weighted by molar-refractivity contribution is 6.35. The van der Waals surface area contributed by atoms with E-state index in [0.29, 0.717) is 21.6 Å². The molecule has 0 N–H and O–H groups in total. The fourth-order valence-corrected chi connectivity index (χ4v) is 2.22. The van der Waals surface area contributed by atoms with Crippen molar-refractivity contribution in [3.63, 3.8) is 0 Å². The van der Waals surface area contributed by atoms with Crippen LogP contribution < -0.4 is 4.74 Å². The summed E-state index contributed by atoms with van der Waals surface area (Å²) >= 11 is 11.8. The summed E-state index contributed by atoms with van der Waals surface area (Å²) in [5.74, 6) is 3.21. The van der Waals surface area contributed by atoms with Crippen LogP contribution in [0, 0.1) is 12.3 Å². The van der Waals surface area contributed by atoms with Crippen LogP contribution in [0.5, 0.6) is 5.75 Å². The molecule has 0 atom stereocenters. The molecule has 114 valence electrons. The first-order chi connectivity index (χ1) is 10.6. The van der Waals surface area contributed by atoms with Crippen LogP contribution in [-0.4, -0.2) is 24.0 Å². The molecular weight excluding hydrogens is 325 g/mol. The van der Waals surface area contributed by atoms with E-state index < -0.39 is 0 Å². The van der Waals surface area contributed by atoms with Gasteiger partial charge in [-0.25, -0.2) is 0 Å². The van der Waals surface area contributed by atoms with E-state index in [1.165, 1.54) is 11.2 Å². The van der Waals surface area contributed by atoms with E-state index in [1.54, 1.807) is 30.3 Å². The fourth-order valence-electron chi connectivity index (χ4n) is 1.76. The Balaban J connectivity index is 1.97. The number of terminal acetylenes is 1. The Hall–Kier alpha value is -2.09. The lowest BCUT2D eigenvalue weighted by atomic mass is 10.3. The van der Waals surface area contributed by atoms with E-state index >= 15 is 0 Å². The maximum Gasteiger partial charge on any atom is 0.261 e. The number of halogens is 2. The van der Waals surface area contributed by atoms with Crippen LogP contribution in [0.1, 0.15) is 5.76 Å². The largest absolute Gasteiger partial charge is 0.482 e. The molecule has 0 fully saturated rings. The maximum absolute atomic E-state index is 12.2. The highest BCUT2D eigenvalue weighted by Gasteiger charge is 2.15. The van der Waals surface area contributed by atoms with E-state index in [4.69, 9.17) is 38.8 Å². The number of carbonyl (C=O) groups excluding carboxylic acids is 1. The monoisotopic (exact) mass is 337 g/mol. The molecular formula is C16H13Cl2NO3. The molecule has 0 saturated heterocycles. The normalized spacial score (nSPS) is 10.0. The van der Waals surface area contributed by atoms with Gasteiger partial charge in [-0.05, 0) is 30.3 Å². The van der Waals surface area contributed by atoms with Gasteiger partial charge in [0.05, 0.1) is 24.4 Å². The van der Waals surface area contributed by atoms with Gasteiger partial charge in [0.1, 0.15) is 11.5 Å². The molecule has 0 aliphatic rings. The molecule has 0 radical (unpaired) electrons. The zero-order chi connectivity index (χ0) is 15.9. The molecule has 0 aliphatic carbocycles. The summed E-state index contributed by atoms with van der Waals surface area (Å²) < 4.78 is 10.6. The van der Waals surface area contributed by atoms with Gasteiger partial charge >= 0.3 is 0 Å². The fraction of sp³-hybridized carbons (Fsp3) is 0.188. The molecule has 1 aromatic carbocycles. The van der Waals surface area contributed by atoms with Gasteiger partial charge < -0.3 is 14.1 Å². The maximum atomic E-state index is 12.2. The third-order valence-corrected chi connectivity index (χ3v) is 3.34. The topological polar surface area (TPSA) is 42.7 Å². The molecule has 0 unspecified atom stereocenters. The van der Waals surface area contributed by atoms with E-state index in [0.717, 1.165) is 0 Å². The van der Waals surface area contributed by atoms with Gasteiger partial charge in [0.25, 0.3) is 5.91 Å².